The van der Waals surface area contributed by atoms with Gasteiger partial charge >= 0.3 is 10.2 Å². The number of rotatable bonds is 10. The second kappa shape index (κ2) is 17.7. The Morgan fingerprint density at radius 2 is 1.92 bits per heavy atom. The third-order valence-corrected chi connectivity index (χ3v) is 14.3. The number of ether oxygens (including phenoxy) is 2. The normalized spacial score (nSPS) is 26.7. The highest BCUT2D eigenvalue weighted by Crippen LogP contribution is 2.46. The molecule has 1 aromatic heterocycles. The van der Waals surface area contributed by atoms with Gasteiger partial charge in [-0.1, -0.05) is 44.9 Å². The molecule has 17 heteroatoms. The molecule has 4 heterocycles. The maximum atomic E-state index is 14.8. The summed E-state index contributed by atoms with van der Waals surface area (Å²) in [4.78, 5) is 54.8. The molecule has 3 aliphatic heterocycles. The molecule has 322 valence electrons. The Balaban J connectivity index is 1.26. The molecule has 14 nitrogen and oxygen atoms in total. The molecule has 0 radical (unpaired) electrons. The summed E-state index contributed by atoms with van der Waals surface area (Å²) in [5.41, 5.74) is 1.02. The van der Waals surface area contributed by atoms with E-state index in [-0.39, 0.29) is 31.3 Å². The average Bonchev–Trinajstić information content (AvgIpc) is 3.49. The first-order chi connectivity index (χ1) is 28.6. The maximum absolute atomic E-state index is 14.8. The SMILES string of the molecule is COc1ccc2c(O[C@@H]3C[C@H]4C(=O)N[C@]5(C(=O)NS(=O)(=O)N(C)C)C[C@H]5/C=C\CCCCC[C@H](Nc5cccc(F)c5)C(=O)N4C3)cc(C3=NC(C(C)C)CS3)nc2c1C. The number of benzene rings is 2. The van der Waals surface area contributed by atoms with Crippen LogP contribution in [0.15, 0.2) is 59.6 Å². The third-order valence-electron chi connectivity index (χ3n) is 11.8. The zero-order valence-electron chi connectivity index (χ0n) is 34.9. The molecular weight excluding hydrogens is 810 g/mol. The average molecular weight is 864 g/mol. The van der Waals surface area contributed by atoms with Crippen molar-refractivity contribution in [1.82, 2.24) is 24.2 Å². The van der Waals surface area contributed by atoms with Gasteiger partial charge in [0.25, 0.3) is 5.91 Å². The number of methoxy groups -OCH3 is 1. The highest BCUT2D eigenvalue weighted by atomic mass is 32.2. The monoisotopic (exact) mass is 863 g/mol. The molecule has 1 saturated heterocycles. The molecule has 0 spiro atoms. The van der Waals surface area contributed by atoms with Crippen LogP contribution >= 0.6 is 11.8 Å². The van der Waals surface area contributed by atoms with Gasteiger partial charge in [-0.2, -0.15) is 12.7 Å². The minimum absolute atomic E-state index is 0.0230. The van der Waals surface area contributed by atoms with Gasteiger partial charge in [0.1, 0.15) is 46.1 Å². The molecule has 1 saturated carbocycles. The standard InChI is InChI=1S/C43H54FN7O7S2/c1-25(2)34-24-59-40(47-34)33-21-37(31-17-18-36(57-6)26(3)38(31)46-33)58-30-20-35-39(52)48-43(42(54)49-60(55,56)50(4)5)22-27(43)13-10-8-7-9-11-16-32(41(53)51(35)23-30)45-29-15-12-14-28(44)19-29/h10,12-15,17-19,21,25,27,30,32,34-35,45H,7-9,11,16,20,22-24H2,1-6H3,(H,48,52)(H,49,54)/b13-10-/t27-,30-,32+,34?,35+,43-/m1/s1. The second-order valence-electron chi connectivity index (χ2n) is 16.6. The lowest BCUT2D eigenvalue weighted by Gasteiger charge is -2.30. The van der Waals surface area contributed by atoms with Crippen LogP contribution < -0.4 is 24.8 Å². The first-order valence-corrected chi connectivity index (χ1v) is 22.9. The van der Waals surface area contributed by atoms with Crippen molar-refractivity contribution in [3.63, 3.8) is 0 Å². The lowest BCUT2D eigenvalue weighted by Crippen LogP contribution is -2.58. The van der Waals surface area contributed by atoms with Crippen LogP contribution in [-0.2, 0) is 24.6 Å². The van der Waals surface area contributed by atoms with Crippen molar-refractivity contribution in [2.45, 2.75) is 95.5 Å². The molecule has 1 unspecified atom stereocenters. The molecule has 3 amide bonds. The number of fused-ring (bicyclic) bond motifs is 3. The van der Waals surface area contributed by atoms with Gasteiger partial charge in [0.2, 0.25) is 11.8 Å². The van der Waals surface area contributed by atoms with Crippen molar-refractivity contribution in [2.24, 2.45) is 16.8 Å². The largest absolute Gasteiger partial charge is 0.496 e. The zero-order valence-corrected chi connectivity index (χ0v) is 36.5. The van der Waals surface area contributed by atoms with Crippen molar-refractivity contribution in [1.29, 1.82) is 0 Å². The van der Waals surface area contributed by atoms with Gasteiger partial charge in [-0.25, -0.2) is 14.1 Å². The fraction of sp³-hybridized carbons (Fsp3) is 0.512. The summed E-state index contributed by atoms with van der Waals surface area (Å²) in [5, 5.41) is 7.67. The number of hydrogen-bond donors (Lipinski definition) is 3. The predicted octanol–water partition coefficient (Wildman–Crippen LogP) is 5.36. The summed E-state index contributed by atoms with van der Waals surface area (Å²) < 4.78 is 55.5. The summed E-state index contributed by atoms with van der Waals surface area (Å²) in [7, 11) is 0.0330. The zero-order chi connectivity index (χ0) is 42.9. The summed E-state index contributed by atoms with van der Waals surface area (Å²) >= 11 is 1.64. The van der Waals surface area contributed by atoms with Gasteiger partial charge in [-0.3, -0.25) is 19.4 Å². The van der Waals surface area contributed by atoms with Crippen molar-refractivity contribution in [2.75, 3.05) is 38.8 Å². The first kappa shape index (κ1) is 43.4. The van der Waals surface area contributed by atoms with Crippen LogP contribution in [0.3, 0.4) is 0 Å². The predicted molar refractivity (Wildman–Crippen MR) is 231 cm³/mol. The van der Waals surface area contributed by atoms with Gasteiger partial charge in [0.15, 0.2) is 0 Å². The lowest BCUT2D eigenvalue weighted by atomic mass is 10.0. The summed E-state index contributed by atoms with van der Waals surface area (Å²) in [5.74, 6) is -0.414. The first-order valence-electron chi connectivity index (χ1n) is 20.5. The van der Waals surface area contributed by atoms with E-state index >= 15 is 0 Å². The second-order valence-corrected chi connectivity index (χ2v) is 19.5. The minimum Gasteiger partial charge on any atom is -0.496 e. The number of carbonyl (C=O) groups excluding carboxylic acids is 3. The van der Waals surface area contributed by atoms with E-state index in [9.17, 15) is 27.2 Å². The molecule has 3 aromatic rings. The van der Waals surface area contributed by atoms with Crippen molar-refractivity contribution in [3.8, 4) is 11.5 Å². The van der Waals surface area contributed by atoms with E-state index in [1.165, 1.54) is 31.1 Å². The molecule has 0 bridgehead atoms. The van der Waals surface area contributed by atoms with Gasteiger partial charge in [-0.15, -0.1) is 11.8 Å². The molecular formula is C43H54FN7O7S2. The molecule has 3 N–H and O–H groups in total. The van der Waals surface area contributed by atoms with Crippen LogP contribution in [0.2, 0.25) is 0 Å². The number of halogens is 1. The Labute approximate surface area is 355 Å². The highest BCUT2D eigenvalue weighted by Gasteiger charge is 2.61. The van der Waals surface area contributed by atoms with Gasteiger partial charge in [-0.05, 0) is 68.9 Å². The van der Waals surface area contributed by atoms with E-state index in [0.29, 0.717) is 53.6 Å². The fourth-order valence-electron chi connectivity index (χ4n) is 8.10. The smallest absolute Gasteiger partial charge is 0.303 e. The number of allylic oxidation sites excluding steroid dienone is 1. The van der Waals surface area contributed by atoms with Crippen molar-refractivity contribution < 1.29 is 36.7 Å². The van der Waals surface area contributed by atoms with Gasteiger partial charge in [0.05, 0.1) is 30.9 Å². The molecule has 60 heavy (non-hydrogen) atoms. The Morgan fingerprint density at radius 3 is 2.63 bits per heavy atom. The quantitative estimate of drug-likeness (QED) is 0.226. The molecule has 7 rings (SSSR count). The number of aryl methyl sites for hydroxylation is 1. The third kappa shape index (κ3) is 9.12. The number of amides is 3. The molecule has 4 aliphatic rings. The summed E-state index contributed by atoms with van der Waals surface area (Å²) in [6.45, 7) is 6.23. The Bertz CT molecular complexity index is 2320. The Hall–Kier alpha value is -4.74. The fourth-order valence-corrected chi connectivity index (χ4v) is 9.95. The van der Waals surface area contributed by atoms with E-state index in [4.69, 9.17) is 19.5 Å². The Morgan fingerprint density at radius 1 is 1.12 bits per heavy atom. The number of nitrogens with one attached hydrogen (secondary N) is 3. The van der Waals surface area contributed by atoms with E-state index in [2.05, 4.69) is 29.2 Å². The number of thioether (sulfide) groups is 1. The summed E-state index contributed by atoms with van der Waals surface area (Å²) in [6, 6.07) is 9.73. The van der Waals surface area contributed by atoms with Crippen LogP contribution in [0.1, 0.15) is 70.1 Å². The van der Waals surface area contributed by atoms with E-state index < -0.39 is 57.5 Å². The van der Waals surface area contributed by atoms with Crippen molar-refractivity contribution in [3.05, 3.63) is 71.7 Å². The molecule has 1 aliphatic carbocycles. The van der Waals surface area contributed by atoms with Crippen LogP contribution in [0.4, 0.5) is 10.1 Å². The van der Waals surface area contributed by atoms with E-state index in [0.717, 1.165) is 38.9 Å². The number of aromatic nitrogens is 1. The van der Waals surface area contributed by atoms with Crippen LogP contribution in [0.25, 0.3) is 10.9 Å². The molecule has 6 atom stereocenters. The van der Waals surface area contributed by atoms with Gasteiger partial charge < -0.3 is 25.0 Å². The van der Waals surface area contributed by atoms with E-state index in [1.807, 2.05) is 37.3 Å². The number of aliphatic imine (C=N–C) groups is 1. The number of nitrogens with zero attached hydrogens (tertiary/aromatic N) is 4. The number of hydrogen-bond acceptors (Lipinski definition) is 11. The van der Waals surface area contributed by atoms with Crippen LogP contribution in [-0.4, -0.2) is 109 Å². The van der Waals surface area contributed by atoms with Crippen LogP contribution in [0.5, 0.6) is 11.5 Å². The van der Waals surface area contributed by atoms with E-state index in [1.54, 1.807) is 31.0 Å². The van der Waals surface area contributed by atoms with Crippen LogP contribution in [0, 0.1) is 24.6 Å². The number of pyridine rings is 1. The highest BCUT2D eigenvalue weighted by molar-refractivity contribution is 8.14. The Kier molecular flexibility index (Phi) is 12.8. The lowest BCUT2D eigenvalue weighted by molar-refractivity contribution is -0.140. The van der Waals surface area contributed by atoms with Crippen molar-refractivity contribution >= 4 is 61.3 Å². The number of carbonyl (C=O) groups is 3. The topological polar surface area (TPSA) is 172 Å². The number of anilines is 1. The maximum Gasteiger partial charge on any atom is 0.303 e. The molecule has 2 aromatic carbocycles. The van der Waals surface area contributed by atoms with Gasteiger partial charge in [0, 0.05) is 54.9 Å². The summed E-state index contributed by atoms with van der Waals surface area (Å²) in [6.07, 6.45) is 6.79. The minimum atomic E-state index is -4.18. The molecule has 2 fully saturated rings.